The molecule has 6 heteroatoms. The molecule has 1 unspecified atom stereocenters. The van der Waals surface area contributed by atoms with E-state index in [9.17, 15) is 0 Å². The summed E-state index contributed by atoms with van der Waals surface area (Å²) < 4.78 is 19.0. The average molecular weight is 333 g/mol. The van der Waals surface area contributed by atoms with Crippen LogP contribution in [0.4, 0.5) is 0 Å². The molecule has 0 radical (unpaired) electrons. The van der Waals surface area contributed by atoms with E-state index in [0.29, 0.717) is 19.8 Å². The van der Waals surface area contributed by atoms with Crippen LogP contribution in [-0.2, 0) is 13.6 Å². The van der Waals surface area contributed by atoms with E-state index < -0.39 is 8.56 Å². The zero-order valence-corrected chi connectivity index (χ0v) is 15.8. The predicted octanol–water partition coefficient (Wildman–Crippen LogP) is 2.33. The number of hydrogen-bond donors (Lipinski definition) is 2. The Balaban J connectivity index is 2.82. The van der Waals surface area contributed by atoms with Crippen LogP contribution >= 0.6 is 0 Å². The Labute approximate surface area is 137 Å². The van der Waals surface area contributed by atoms with Gasteiger partial charge in [0, 0.05) is 32.9 Å². The number of hydrogen-bond acceptors (Lipinski definition) is 5. The lowest BCUT2D eigenvalue weighted by molar-refractivity contribution is -0.0464. The minimum atomic E-state index is -2.33. The summed E-state index contributed by atoms with van der Waals surface area (Å²) in [7, 11) is -2.33. The lowest BCUT2D eigenvalue weighted by atomic mass is 10.1. The van der Waals surface area contributed by atoms with Crippen molar-refractivity contribution in [2.24, 2.45) is 5.73 Å². The van der Waals surface area contributed by atoms with Crippen LogP contribution in [0.1, 0.15) is 52.9 Å². The second-order valence-electron chi connectivity index (χ2n) is 5.90. The van der Waals surface area contributed by atoms with Crippen LogP contribution in [0.15, 0.2) is 0 Å². The second-order valence-corrected chi connectivity index (χ2v) is 9.39. The molecular formula is C16H36N2O3Si. The average Bonchev–Trinajstić information content (AvgIpc) is 2.51. The highest BCUT2D eigenvalue weighted by Crippen LogP contribution is 2.43. The zero-order valence-electron chi connectivity index (χ0n) is 14.8. The highest BCUT2D eigenvalue weighted by molar-refractivity contribution is 6.70. The Kier molecular flexibility index (Phi) is 9.78. The molecule has 3 N–H and O–H groups in total. The topological polar surface area (TPSA) is 65.7 Å². The molecule has 1 aliphatic heterocycles. The smallest absolute Gasteiger partial charge is 0.371 e. The predicted molar refractivity (Wildman–Crippen MR) is 93.2 cm³/mol. The van der Waals surface area contributed by atoms with Gasteiger partial charge in [0.15, 0.2) is 0 Å². The fourth-order valence-electron chi connectivity index (χ4n) is 3.67. The van der Waals surface area contributed by atoms with Crippen molar-refractivity contribution in [1.29, 1.82) is 0 Å². The standard InChI is InChI=1S/C16H36N2O3Si/c1-4-19-16(11-9-13-18-14-12-17)10-7-8-15-22(16,20-5-2)21-6-3/h18H,4-15,17H2,1-3H3. The zero-order chi connectivity index (χ0) is 16.3. The van der Waals surface area contributed by atoms with Crippen molar-refractivity contribution in [2.45, 2.75) is 64.1 Å². The SMILES string of the molecule is CCOC1(CCCNCCN)CCCC[Si]1(OCC)OCC. The van der Waals surface area contributed by atoms with Gasteiger partial charge in [0.1, 0.15) is 5.22 Å². The van der Waals surface area contributed by atoms with Crippen molar-refractivity contribution < 1.29 is 13.6 Å². The first-order valence-electron chi connectivity index (χ1n) is 9.03. The van der Waals surface area contributed by atoms with Gasteiger partial charge in [-0.05, 0) is 52.6 Å². The van der Waals surface area contributed by atoms with E-state index in [2.05, 4.69) is 26.1 Å². The van der Waals surface area contributed by atoms with E-state index >= 15 is 0 Å². The van der Waals surface area contributed by atoms with E-state index in [1.54, 1.807) is 0 Å². The fraction of sp³-hybridized carbons (Fsp3) is 1.00. The maximum atomic E-state index is 6.36. The van der Waals surface area contributed by atoms with Gasteiger partial charge in [-0.15, -0.1) is 0 Å². The first kappa shape index (κ1) is 20.1. The summed E-state index contributed by atoms with van der Waals surface area (Å²) in [5.41, 5.74) is 5.53. The summed E-state index contributed by atoms with van der Waals surface area (Å²) in [6, 6.07) is 1.06. The highest BCUT2D eigenvalue weighted by atomic mass is 28.4. The van der Waals surface area contributed by atoms with Gasteiger partial charge in [0.2, 0.25) is 0 Å². The summed E-state index contributed by atoms with van der Waals surface area (Å²) >= 11 is 0. The Morgan fingerprint density at radius 1 is 1.05 bits per heavy atom. The molecule has 1 atom stereocenters. The Morgan fingerprint density at radius 3 is 2.36 bits per heavy atom. The molecule has 1 aliphatic rings. The van der Waals surface area contributed by atoms with Gasteiger partial charge < -0.3 is 24.6 Å². The second kappa shape index (κ2) is 10.7. The minimum absolute atomic E-state index is 0.184. The molecule has 5 nitrogen and oxygen atoms in total. The third kappa shape index (κ3) is 5.01. The molecular weight excluding hydrogens is 296 g/mol. The van der Waals surface area contributed by atoms with Gasteiger partial charge in [0.25, 0.3) is 0 Å². The molecule has 0 aromatic carbocycles. The third-order valence-corrected chi connectivity index (χ3v) is 9.02. The molecule has 0 aromatic heterocycles. The third-order valence-electron chi connectivity index (χ3n) is 4.46. The van der Waals surface area contributed by atoms with Crippen LogP contribution < -0.4 is 11.1 Å². The van der Waals surface area contributed by atoms with Crippen molar-refractivity contribution in [3.63, 3.8) is 0 Å². The molecule has 0 amide bonds. The molecule has 1 heterocycles. The minimum Gasteiger partial charge on any atom is -0.393 e. The molecule has 1 rings (SSSR count). The quantitative estimate of drug-likeness (QED) is 0.424. The van der Waals surface area contributed by atoms with Crippen LogP contribution in [0.25, 0.3) is 0 Å². The van der Waals surface area contributed by atoms with E-state index in [1.807, 2.05) is 0 Å². The number of rotatable bonds is 12. The monoisotopic (exact) mass is 332 g/mol. The Bertz CT molecular complexity index is 279. The molecule has 0 aromatic rings. The normalized spacial score (nSPS) is 24.5. The van der Waals surface area contributed by atoms with E-state index in [0.717, 1.165) is 45.0 Å². The summed E-state index contributed by atoms with van der Waals surface area (Å²) in [6.07, 6.45) is 5.58. The first-order valence-corrected chi connectivity index (χ1v) is 11.0. The summed E-state index contributed by atoms with van der Waals surface area (Å²) in [5.74, 6) is 0. The molecule has 132 valence electrons. The highest BCUT2D eigenvalue weighted by Gasteiger charge is 2.59. The van der Waals surface area contributed by atoms with Crippen LogP contribution in [0.2, 0.25) is 6.04 Å². The van der Waals surface area contributed by atoms with Gasteiger partial charge in [0.05, 0.1) is 0 Å². The van der Waals surface area contributed by atoms with Gasteiger partial charge in [-0.1, -0.05) is 12.8 Å². The molecule has 0 saturated carbocycles. The molecule has 1 saturated heterocycles. The van der Waals surface area contributed by atoms with Crippen molar-refractivity contribution in [3.8, 4) is 0 Å². The lowest BCUT2D eigenvalue weighted by Crippen LogP contribution is -2.66. The van der Waals surface area contributed by atoms with Crippen LogP contribution in [0.5, 0.6) is 0 Å². The summed E-state index contributed by atoms with van der Waals surface area (Å²) in [6.45, 7) is 10.9. The van der Waals surface area contributed by atoms with Crippen LogP contribution in [-0.4, -0.2) is 53.2 Å². The van der Waals surface area contributed by atoms with Crippen molar-refractivity contribution in [2.75, 3.05) is 39.5 Å². The van der Waals surface area contributed by atoms with Gasteiger partial charge in [-0.2, -0.15) is 0 Å². The molecule has 0 aliphatic carbocycles. The van der Waals surface area contributed by atoms with E-state index in [4.69, 9.17) is 19.3 Å². The maximum Gasteiger partial charge on any atom is 0.371 e. The molecule has 1 fully saturated rings. The van der Waals surface area contributed by atoms with E-state index in [1.165, 1.54) is 12.8 Å². The van der Waals surface area contributed by atoms with Gasteiger partial charge >= 0.3 is 8.56 Å². The van der Waals surface area contributed by atoms with Crippen LogP contribution in [0, 0.1) is 0 Å². The molecule has 0 bridgehead atoms. The van der Waals surface area contributed by atoms with E-state index in [-0.39, 0.29) is 5.22 Å². The maximum absolute atomic E-state index is 6.36. The first-order chi connectivity index (χ1) is 10.7. The van der Waals surface area contributed by atoms with Gasteiger partial charge in [-0.3, -0.25) is 0 Å². The summed E-state index contributed by atoms with van der Waals surface area (Å²) in [5, 5.41) is 3.19. The molecule has 22 heavy (non-hydrogen) atoms. The fourth-order valence-corrected chi connectivity index (χ4v) is 8.16. The van der Waals surface area contributed by atoms with Crippen molar-refractivity contribution in [1.82, 2.24) is 5.32 Å². The Hall–Kier alpha value is 0.0169. The largest absolute Gasteiger partial charge is 0.393 e. The number of nitrogens with two attached hydrogens (primary N) is 1. The van der Waals surface area contributed by atoms with Crippen molar-refractivity contribution >= 4 is 8.56 Å². The Morgan fingerprint density at radius 2 is 1.77 bits per heavy atom. The van der Waals surface area contributed by atoms with Gasteiger partial charge in [-0.25, -0.2) is 0 Å². The number of nitrogens with one attached hydrogen (secondary N) is 1. The molecule has 0 spiro atoms. The van der Waals surface area contributed by atoms with Crippen LogP contribution in [0.3, 0.4) is 0 Å². The van der Waals surface area contributed by atoms with Crippen molar-refractivity contribution in [3.05, 3.63) is 0 Å². The lowest BCUT2D eigenvalue weighted by Gasteiger charge is -2.49. The summed E-state index contributed by atoms with van der Waals surface area (Å²) in [4.78, 5) is 0. The number of ether oxygens (including phenoxy) is 1.